The Morgan fingerprint density at radius 1 is 1.40 bits per heavy atom. The summed E-state index contributed by atoms with van der Waals surface area (Å²) >= 11 is 0. The van der Waals surface area contributed by atoms with E-state index in [0.717, 1.165) is 19.4 Å². The van der Waals surface area contributed by atoms with Crippen LogP contribution in [0.15, 0.2) is 0 Å². The van der Waals surface area contributed by atoms with Crippen LogP contribution >= 0.6 is 0 Å². The number of carbonyl (C=O) groups excluding carboxylic acids is 1. The summed E-state index contributed by atoms with van der Waals surface area (Å²) < 4.78 is 26.2. The highest BCUT2D eigenvalue weighted by molar-refractivity contribution is 5.82. The van der Waals surface area contributed by atoms with Gasteiger partial charge in [-0.3, -0.25) is 4.79 Å². The highest BCUT2D eigenvalue weighted by atomic mass is 19.3. The van der Waals surface area contributed by atoms with Crippen LogP contribution in [0.2, 0.25) is 0 Å². The van der Waals surface area contributed by atoms with E-state index < -0.39 is 12.5 Å². The lowest BCUT2D eigenvalue weighted by Gasteiger charge is -2.33. The van der Waals surface area contributed by atoms with Crippen LogP contribution in [0, 0.1) is 0 Å². The number of carbonyl (C=O) groups is 1. The minimum Gasteiger partial charge on any atom is -0.335 e. The van der Waals surface area contributed by atoms with Gasteiger partial charge in [0.25, 0.3) is 5.92 Å². The third kappa shape index (κ3) is 2.45. The quantitative estimate of drug-likeness (QED) is 0.712. The highest BCUT2D eigenvalue weighted by Crippen LogP contribution is 2.27. The van der Waals surface area contributed by atoms with Crippen LogP contribution < -0.4 is 5.32 Å². The van der Waals surface area contributed by atoms with Gasteiger partial charge in [-0.25, -0.2) is 8.78 Å². The van der Waals surface area contributed by atoms with Gasteiger partial charge in [-0.2, -0.15) is 0 Å². The smallest absolute Gasteiger partial charge is 0.265 e. The minimum atomic E-state index is -2.69. The van der Waals surface area contributed by atoms with E-state index in [1.807, 2.05) is 0 Å². The standard InChI is InChI=1S/C10H16F2N2O/c11-10(12)4-2-6-14(7-10)9(15)8-3-1-5-13-8/h8,13H,1-7H2/t8-/m1/s1. The van der Waals surface area contributed by atoms with Crippen molar-refractivity contribution in [3.8, 4) is 0 Å². The average molecular weight is 218 g/mol. The summed E-state index contributed by atoms with van der Waals surface area (Å²) in [7, 11) is 0. The summed E-state index contributed by atoms with van der Waals surface area (Å²) in [5.74, 6) is -2.83. The molecule has 86 valence electrons. The molecule has 0 aromatic heterocycles. The molecule has 0 radical (unpaired) electrons. The molecule has 0 unspecified atom stereocenters. The van der Waals surface area contributed by atoms with Gasteiger partial charge in [0.15, 0.2) is 0 Å². The van der Waals surface area contributed by atoms with E-state index in [-0.39, 0.29) is 18.4 Å². The van der Waals surface area contributed by atoms with Gasteiger partial charge in [0, 0.05) is 13.0 Å². The van der Waals surface area contributed by atoms with Crippen molar-refractivity contribution in [1.82, 2.24) is 10.2 Å². The first kappa shape index (κ1) is 10.8. The number of nitrogens with zero attached hydrogens (tertiary/aromatic N) is 1. The molecule has 0 aliphatic carbocycles. The summed E-state index contributed by atoms with van der Waals surface area (Å²) in [5, 5.41) is 3.04. The maximum Gasteiger partial charge on any atom is 0.265 e. The van der Waals surface area contributed by atoms with Gasteiger partial charge < -0.3 is 10.2 Å². The SMILES string of the molecule is O=C([C@H]1CCCN1)N1CCCC(F)(F)C1. The van der Waals surface area contributed by atoms with Crippen molar-refractivity contribution in [3.05, 3.63) is 0 Å². The summed E-state index contributed by atoms with van der Waals surface area (Å²) in [6.45, 7) is 0.900. The lowest BCUT2D eigenvalue weighted by molar-refractivity contribution is -0.143. The lowest BCUT2D eigenvalue weighted by atomic mass is 10.1. The van der Waals surface area contributed by atoms with Crippen molar-refractivity contribution in [2.45, 2.75) is 37.6 Å². The van der Waals surface area contributed by atoms with Gasteiger partial charge in [0.05, 0.1) is 12.6 Å². The Balaban J connectivity index is 1.94. The van der Waals surface area contributed by atoms with E-state index in [0.29, 0.717) is 13.0 Å². The fourth-order valence-electron chi connectivity index (χ4n) is 2.27. The Labute approximate surface area is 87.8 Å². The molecule has 2 rings (SSSR count). The Morgan fingerprint density at radius 3 is 2.80 bits per heavy atom. The van der Waals surface area contributed by atoms with E-state index in [1.54, 1.807) is 0 Å². The Kier molecular flexibility index (Phi) is 2.91. The average Bonchev–Trinajstić information content (AvgIpc) is 2.67. The Hall–Kier alpha value is -0.710. The fourth-order valence-corrected chi connectivity index (χ4v) is 2.27. The molecule has 0 aromatic carbocycles. The molecule has 15 heavy (non-hydrogen) atoms. The van der Waals surface area contributed by atoms with Crippen molar-refractivity contribution in [2.24, 2.45) is 0 Å². The number of nitrogens with one attached hydrogen (secondary N) is 1. The fraction of sp³-hybridized carbons (Fsp3) is 0.900. The zero-order valence-corrected chi connectivity index (χ0v) is 8.64. The molecule has 1 amide bonds. The number of hydrogen-bond donors (Lipinski definition) is 1. The van der Waals surface area contributed by atoms with Crippen LogP contribution in [-0.4, -0.2) is 42.4 Å². The summed E-state index contributed by atoms with van der Waals surface area (Å²) in [6.07, 6.45) is 2.06. The largest absolute Gasteiger partial charge is 0.335 e. The minimum absolute atomic E-state index is 0.0884. The van der Waals surface area contributed by atoms with E-state index >= 15 is 0 Å². The molecule has 2 aliphatic rings. The first-order valence-electron chi connectivity index (χ1n) is 5.48. The first-order chi connectivity index (χ1) is 7.08. The molecule has 1 atom stereocenters. The second kappa shape index (κ2) is 4.04. The van der Waals surface area contributed by atoms with Crippen LogP contribution in [0.5, 0.6) is 0 Å². The monoisotopic (exact) mass is 218 g/mol. The zero-order chi connectivity index (χ0) is 10.9. The normalized spacial score (nSPS) is 30.5. The number of alkyl halides is 2. The molecule has 2 saturated heterocycles. The van der Waals surface area contributed by atoms with Gasteiger partial charge in [-0.05, 0) is 25.8 Å². The van der Waals surface area contributed by atoms with E-state index in [1.165, 1.54) is 4.90 Å². The van der Waals surface area contributed by atoms with E-state index in [2.05, 4.69) is 5.32 Å². The van der Waals surface area contributed by atoms with E-state index in [4.69, 9.17) is 0 Å². The molecule has 2 aliphatic heterocycles. The van der Waals surface area contributed by atoms with Gasteiger partial charge in [0.2, 0.25) is 5.91 Å². The topological polar surface area (TPSA) is 32.3 Å². The second-order valence-electron chi connectivity index (χ2n) is 4.37. The van der Waals surface area contributed by atoms with Crippen molar-refractivity contribution >= 4 is 5.91 Å². The van der Waals surface area contributed by atoms with Gasteiger partial charge in [0.1, 0.15) is 0 Å². The third-order valence-corrected chi connectivity index (χ3v) is 3.06. The highest BCUT2D eigenvalue weighted by Gasteiger charge is 2.39. The summed E-state index contributed by atoms with van der Waals surface area (Å²) in [5.41, 5.74) is 0. The second-order valence-corrected chi connectivity index (χ2v) is 4.37. The lowest BCUT2D eigenvalue weighted by Crippen LogP contribution is -2.51. The number of rotatable bonds is 1. The van der Waals surface area contributed by atoms with Crippen molar-refractivity contribution < 1.29 is 13.6 Å². The third-order valence-electron chi connectivity index (χ3n) is 3.06. The van der Waals surface area contributed by atoms with Crippen molar-refractivity contribution in [3.63, 3.8) is 0 Å². The van der Waals surface area contributed by atoms with Crippen LogP contribution in [0.4, 0.5) is 8.78 Å². The molecule has 2 fully saturated rings. The number of likely N-dealkylation sites (tertiary alicyclic amines) is 1. The predicted octanol–water partition coefficient (Wildman–Crippen LogP) is 0.996. The molecule has 2 heterocycles. The number of amides is 1. The maximum absolute atomic E-state index is 13.1. The van der Waals surface area contributed by atoms with Crippen LogP contribution in [0.25, 0.3) is 0 Å². The number of halogens is 2. The Bertz CT molecular complexity index is 252. The van der Waals surface area contributed by atoms with E-state index in [9.17, 15) is 13.6 Å². The molecular weight excluding hydrogens is 202 g/mol. The first-order valence-corrected chi connectivity index (χ1v) is 5.48. The molecule has 3 nitrogen and oxygen atoms in total. The van der Waals surface area contributed by atoms with Crippen LogP contribution in [0.3, 0.4) is 0 Å². The predicted molar refractivity (Wildman–Crippen MR) is 51.8 cm³/mol. The summed E-state index contributed by atoms with van der Waals surface area (Å²) in [4.78, 5) is 13.1. The molecule has 5 heteroatoms. The molecular formula is C10H16F2N2O. The van der Waals surface area contributed by atoms with Crippen LogP contribution in [-0.2, 0) is 4.79 Å². The van der Waals surface area contributed by atoms with Crippen molar-refractivity contribution in [2.75, 3.05) is 19.6 Å². The molecule has 0 aromatic rings. The number of hydrogen-bond acceptors (Lipinski definition) is 2. The van der Waals surface area contributed by atoms with Gasteiger partial charge in [-0.15, -0.1) is 0 Å². The molecule has 0 spiro atoms. The molecule has 1 N–H and O–H groups in total. The number of piperidine rings is 1. The van der Waals surface area contributed by atoms with Gasteiger partial charge >= 0.3 is 0 Å². The van der Waals surface area contributed by atoms with Gasteiger partial charge in [-0.1, -0.05) is 0 Å². The molecule has 0 bridgehead atoms. The zero-order valence-electron chi connectivity index (χ0n) is 8.64. The van der Waals surface area contributed by atoms with Crippen molar-refractivity contribution in [1.29, 1.82) is 0 Å². The summed E-state index contributed by atoms with van der Waals surface area (Å²) in [6, 6.07) is -0.223. The molecule has 0 saturated carbocycles. The Morgan fingerprint density at radius 2 is 2.20 bits per heavy atom. The maximum atomic E-state index is 13.1. The van der Waals surface area contributed by atoms with Crippen LogP contribution in [0.1, 0.15) is 25.7 Å².